The molecule has 7 nitrogen and oxygen atoms in total. The summed E-state index contributed by atoms with van der Waals surface area (Å²) >= 11 is 0. The van der Waals surface area contributed by atoms with Crippen molar-refractivity contribution in [2.45, 2.75) is 19.1 Å². The molecular formula is C5H11N4O3+. The molecule has 0 radical (unpaired) electrons. The number of carbonyl (C=O) groups is 1. The lowest BCUT2D eigenvalue weighted by Gasteiger charge is -2.14. The van der Waals surface area contributed by atoms with Crippen LogP contribution in [0, 0.1) is 5.53 Å². The molecule has 0 aromatic heterocycles. The molecule has 0 heterocycles. The number of hydrogen-bond acceptors (Lipinski definition) is 4. The van der Waals surface area contributed by atoms with Crippen LogP contribution in [-0.4, -0.2) is 35.0 Å². The lowest BCUT2D eigenvalue weighted by atomic mass is 10.2. The van der Waals surface area contributed by atoms with Gasteiger partial charge in [0.25, 0.3) is 0 Å². The van der Waals surface area contributed by atoms with Crippen LogP contribution in [-0.2, 0) is 0 Å². The first kappa shape index (κ1) is 10.5. The Labute approximate surface area is 68.6 Å². The Morgan fingerprint density at radius 1 is 1.83 bits per heavy atom. The van der Waals surface area contributed by atoms with E-state index in [0.29, 0.717) is 0 Å². The van der Waals surface area contributed by atoms with E-state index in [9.17, 15) is 4.79 Å². The molecule has 4 N–H and O–H groups in total. The Hall–Kier alpha value is -1.46. The van der Waals surface area contributed by atoms with Crippen molar-refractivity contribution in [2.24, 2.45) is 5.11 Å². The third kappa shape index (κ3) is 4.37. The number of carboxylic acid groups (broad SMARTS) is 1. The van der Waals surface area contributed by atoms with Gasteiger partial charge < -0.3 is 15.5 Å². The minimum atomic E-state index is -1.20. The number of rotatable bonds is 4. The van der Waals surface area contributed by atoms with Crippen LogP contribution in [0.15, 0.2) is 5.11 Å². The van der Waals surface area contributed by atoms with Crippen LogP contribution in [0.4, 0.5) is 4.79 Å². The van der Waals surface area contributed by atoms with Crippen LogP contribution in [0.25, 0.3) is 0 Å². The largest absolute Gasteiger partial charge is 0.465 e. The first-order chi connectivity index (χ1) is 5.57. The van der Waals surface area contributed by atoms with Gasteiger partial charge in [-0.2, -0.15) is 0 Å². The number of aliphatic hydroxyl groups is 1. The maximum Gasteiger partial charge on any atom is 0.404 e. The van der Waals surface area contributed by atoms with Crippen molar-refractivity contribution >= 4 is 6.09 Å². The highest BCUT2D eigenvalue weighted by Crippen LogP contribution is 1.92. The third-order valence-electron chi connectivity index (χ3n) is 1.27. The molecule has 1 amide bonds. The molecule has 0 spiro atoms. The van der Waals surface area contributed by atoms with Crippen LogP contribution in [0.3, 0.4) is 0 Å². The Kier molecular flexibility index (Phi) is 4.59. The van der Waals surface area contributed by atoms with Gasteiger partial charge in [-0.25, -0.2) is 4.79 Å². The summed E-state index contributed by atoms with van der Waals surface area (Å²) in [6.45, 7) is 1.42. The van der Waals surface area contributed by atoms with Gasteiger partial charge >= 0.3 is 6.09 Å². The fourth-order valence-corrected chi connectivity index (χ4v) is 0.574. The van der Waals surface area contributed by atoms with E-state index in [1.165, 1.54) is 6.92 Å². The van der Waals surface area contributed by atoms with Crippen LogP contribution in [0.5, 0.6) is 0 Å². The summed E-state index contributed by atoms with van der Waals surface area (Å²) in [4.78, 5) is 12.8. The zero-order valence-corrected chi connectivity index (χ0v) is 6.56. The maximum atomic E-state index is 10.1. The van der Waals surface area contributed by atoms with Crippen molar-refractivity contribution in [1.82, 2.24) is 10.2 Å². The van der Waals surface area contributed by atoms with Crippen molar-refractivity contribution < 1.29 is 15.0 Å². The zero-order valence-electron chi connectivity index (χ0n) is 6.56. The standard InChI is InChI=1S/C5H10N4O3/c1-3(8-5(11)12)4(10)2-7-9-6/h3-4,6,8,10H,2H2,1H3/p+1/t3-,4?/m0/s1. The van der Waals surface area contributed by atoms with Crippen LogP contribution < -0.4 is 10.2 Å². The highest BCUT2D eigenvalue weighted by atomic mass is 16.4. The normalized spacial score (nSPS) is 14.2. The van der Waals surface area contributed by atoms with E-state index in [-0.39, 0.29) is 6.54 Å². The fraction of sp³-hybridized carbons (Fsp3) is 0.800. The summed E-state index contributed by atoms with van der Waals surface area (Å²) in [6, 6.07) is -0.618. The van der Waals surface area contributed by atoms with Gasteiger partial charge in [-0.15, -0.1) is 0 Å². The van der Waals surface area contributed by atoms with Gasteiger partial charge in [0.15, 0.2) is 6.54 Å². The summed E-state index contributed by atoms with van der Waals surface area (Å²) < 4.78 is 0. The minimum absolute atomic E-state index is 0.0784. The average Bonchev–Trinajstić information content (AvgIpc) is 1.98. The summed E-state index contributed by atoms with van der Waals surface area (Å²) in [5.74, 6) is 0. The highest BCUT2D eigenvalue weighted by Gasteiger charge is 2.17. The van der Waals surface area contributed by atoms with Crippen LogP contribution in [0.2, 0.25) is 0 Å². The van der Waals surface area contributed by atoms with E-state index in [1.807, 2.05) is 0 Å². The molecule has 12 heavy (non-hydrogen) atoms. The molecule has 0 saturated carbocycles. The molecule has 2 atom stereocenters. The molecule has 0 rings (SSSR count). The van der Waals surface area contributed by atoms with Gasteiger partial charge in [-0.3, -0.25) is 0 Å². The summed E-state index contributed by atoms with van der Waals surface area (Å²) in [5, 5.41) is 22.6. The third-order valence-corrected chi connectivity index (χ3v) is 1.27. The lowest BCUT2D eigenvalue weighted by molar-refractivity contribution is 0.131. The molecule has 0 aliphatic rings. The monoisotopic (exact) mass is 175 g/mol. The molecule has 0 aromatic carbocycles. The van der Waals surface area contributed by atoms with E-state index in [0.717, 1.165) is 0 Å². The van der Waals surface area contributed by atoms with E-state index in [4.69, 9.17) is 15.7 Å². The zero-order chi connectivity index (χ0) is 9.56. The first-order valence-corrected chi connectivity index (χ1v) is 3.28. The molecule has 68 valence electrons. The number of hydrogen-bond donors (Lipinski definition) is 4. The molecule has 0 fully saturated rings. The van der Waals surface area contributed by atoms with Gasteiger partial charge in [0.05, 0.1) is 6.04 Å². The van der Waals surface area contributed by atoms with Crippen molar-refractivity contribution in [3.05, 3.63) is 0 Å². The Bertz CT molecular complexity index is 193. The number of nitrogens with zero attached hydrogens (tertiary/aromatic N) is 2. The second-order valence-corrected chi connectivity index (χ2v) is 2.23. The number of aliphatic hydroxyl groups excluding tert-OH is 1. The summed E-state index contributed by atoms with van der Waals surface area (Å²) in [7, 11) is 0. The molecule has 0 aliphatic carbocycles. The van der Waals surface area contributed by atoms with Crippen molar-refractivity contribution in [2.75, 3.05) is 6.54 Å². The van der Waals surface area contributed by atoms with Crippen molar-refractivity contribution in [3.63, 3.8) is 0 Å². The Morgan fingerprint density at radius 3 is 2.83 bits per heavy atom. The van der Waals surface area contributed by atoms with E-state index < -0.39 is 18.2 Å². The van der Waals surface area contributed by atoms with Crippen LogP contribution >= 0.6 is 0 Å². The van der Waals surface area contributed by atoms with Gasteiger partial charge in [0.2, 0.25) is 4.91 Å². The SMILES string of the molecule is C[C@H](NC(=O)O)C(O)CN=[N+]=N. The smallest absolute Gasteiger partial charge is 0.404 e. The Balaban J connectivity index is 3.83. The number of amides is 1. The van der Waals surface area contributed by atoms with Crippen molar-refractivity contribution in [1.29, 1.82) is 5.53 Å². The first-order valence-electron chi connectivity index (χ1n) is 3.28. The van der Waals surface area contributed by atoms with Gasteiger partial charge in [-0.05, 0) is 6.92 Å². The van der Waals surface area contributed by atoms with E-state index >= 15 is 0 Å². The molecule has 0 aliphatic heterocycles. The topological polar surface area (TPSA) is 120 Å². The molecule has 0 saturated heterocycles. The summed E-state index contributed by atoms with van der Waals surface area (Å²) in [6.07, 6.45) is -2.15. The lowest BCUT2D eigenvalue weighted by Crippen LogP contribution is -2.41. The predicted octanol–water partition coefficient (Wildman–Crippen LogP) is -0.446. The molecule has 0 aromatic rings. The fourth-order valence-electron chi connectivity index (χ4n) is 0.574. The number of nitrogens with one attached hydrogen (secondary N) is 2. The quantitative estimate of drug-likeness (QED) is 0.342. The van der Waals surface area contributed by atoms with Crippen molar-refractivity contribution in [3.8, 4) is 0 Å². The van der Waals surface area contributed by atoms with Crippen LogP contribution in [0.1, 0.15) is 6.92 Å². The van der Waals surface area contributed by atoms with Gasteiger partial charge in [0.1, 0.15) is 16.7 Å². The molecule has 0 bridgehead atoms. The average molecular weight is 175 g/mol. The summed E-state index contributed by atoms with van der Waals surface area (Å²) in [5.41, 5.74) is 6.29. The molecule has 1 unspecified atom stereocenters. The maximum absolute atomic E-state index is 10.1. The second-order valence-electron chi connectivity index (χ2n) is 2.23. The molecule has 7 heteroatoms. The van der Waals surface area contributed by atoms with Gasteiger partial charge in [0, 0.05) is 0 Å². The Morgan fingerprint density at radius 2 is 2.42 bits per heavy atom. The second kappa shape index (κ2) is 5.22. The molecular weight excluding hydrogens is 164 g/mol. The van der Waals surface area contributed by atoms with E-state index in [2.05, 4.69) is 15.3 Å². The highest BCUT2D eigenvalue weighted by molar-refractivity contribution is 5.64. The van der Waals surface area contributed by atoms with E-state index in [1.54, 1.807) is 0 Å². The minimum Gasteiger partial charge on any atom is -0.465 e. The predicted molar refractivity (Wildman–Crippen MR) is 38.8 cm³/mol. The van der Waals surface area contributed by atoms with Gasteiger partial charge in [-0.1, -0.05) is 0 Å².